The zero-order valence-electron chi connectivity index (χ0n) is 31.0. The van der Waals surface area contributed by atoms with Crippen molar-refractivity contribution >= 4 is 11.9 Å². The molecule has 2 N–H and O–H groups in total. The first-order chi connectivity index (χ1) is 23.0. The van der Waals surface area contributed by atoms with Crippen LogP contribution >= 0.6 is 0 Å². The molecular formula is C41H76O6. The van der Waals surface area contributed by atoms with Gasteiger partial charge in [0.25, 0.3) is 0 Å². The minimum Gasteiger partial charge on any atom is -0.462 e. The van der Waals surface area contributed by atoms with Gasteiger partial charge in [0, 0.05) is 12.2 Å². The van der Waals surface area contributed by atoms with E-state index < -0.39 is 30.6 Å². The molecular weight excluding hydrogens is 588 g/mol. The van der Waals surface area contributed by atoms with Crippen molar-refractivity contribution in [3.63, 3.8) is 0 Å². The molecule has 0 rings (SSSR count). The van der Waals surface area contributed by atoms with Crippen molar-refractivity contribution in [2.75, 3.05) is 26.4 Å². The summed E-state index contributed by atoms with van der Waals surface area (Å²) >= 11 is 0. The number of aliphatic hydroxyl groups is 2. The van der Waals surface area contributed by atoms with Crippen LogP contribution in [-0.2, 0) is 19.1 Å². The number of carbonyl (C=O) groups excluding carboxylic acids is 2. The molecule has 0 aliphatic rings. The Morgan fingerprint density at radius 2 is 0.702 bits per heavy atom. The zero-order chi connectivity index (χ0) is 34.5. The Balaban J connectivity index is 3.87. The van der Waals surface area contributed by atoms with Gasteiger partial charge in [-0.2, -0.15) is 0 Å². The highest BCUT2D eigenvalue weighted by atomic mass is 16.5. The standard InChI is InChI=1S/C41H76O6/c1-3-5-7-9-11-13-15-17-19-21-23-25-27-29-31-33-39(44)46-37-41(35-42,36-43)38-47-40(45)34-32-30-28-26-24-22-20-18-16-14-12-10-8-6-4-2/h31-34,42-43H,3-30,35-38H2,1-2H3/b33-31+,34-32+. The average Bonchev–Trinajstić information content (AvgIpc) is 3.08. The molecule has 0 aromatic carbocycles. The molecule has 0 fully saturated rings. The van der Waals surface area contributed by atoms with Crippen LogP contribution in [0.25, 0.3) is 0 Å². The SMILES string of the molecule is CCCCCCCCCCCCCCC/C=C/C(=O)OCC(CO)(CO)COC(=O)/C=C/CCCCCCCCCCCCCCC. The molecule has 0 unspecified atom stereocenters. The van der Waals surface area contributed by atoms with Crippen LogP contribution in [0.3, 0.4) is 0 Å². The number of allylic oxidation sites excluding steroid dienone is 2. The highest BCUT2D eigenvalue weighted by Crippen LogP contribution is 2.18. The Morgan fingerprint density at radius 3 is 0.957 bits per heavy atom. The van der Waals surface area contributed by atoms with Gasteiger partial charge in [-0.15, -0.1) is 0 Å². The van der Waals surface area contributed by atoms with Crippen LogP contribution in [0.1, 0.15) is 194 Å². The van der Waals surface area contributed by atoms with Gasteiger partial charge >= 0.3 is 11.9 Å². The molecule has 0 amide bonds. The predicted molar refractivity (Wildman–Crippen MR) is 197 cm³/mol. The van der Waals surface area contributed by atoms with Gasteiger partial charge in [-0.25, -0.2) is 9.59 Å². The third kappa shape index (κ3) is 31.4. The molecule has 0 aliphatic carbocycles. The number of esters is 2. The lowest BCUT2D eigenvalue weighted by atomic mass is 9.92. The van der Waals surface area contributed by atoms with Crippen molar-refractivity contribution in [2.45, 2.75) is 194 Å². The first-order valence-corrected chi connectivity index (χ1v) is 19.9. The van der Waals surface area contributed by atoms with Gasteiger partial charge in [-0.1, -0.05) is 180 Å². The molecule has 0 spiro atoms. The monoisotopic (exact) mass is 665 g/mol. The molecule has 0 saturated carbocycles. The normalized spacial score (nSPS) is 12.0. The van der Waals surface area contributed by atoms with Gasteiger partial charge in [0.1, 0.15) is 13.2 Å². The van der Waals surface area contributed by atoms with Gasteiger partial charge in [0.2, 0.25) is 0 Å². The number of hydrogen-bond donors (Lipinski definition) is 2. The van der Waals surface area contributed by atoms with E-state index in [9.17, 15) is 19.8 Å². The van der Waals surface area contributed by atoms with Crippen molar-refractivity contribution in [2.24, 2.45) is 5.41 Å². The summed E-state index contributed by atoms with van der Waals surface area (Å²) in [5.74, 6) is -1.04. The predicted octanol–water partition coefficient (Wildman–Crippen LogP) is 11.1. The molecule has 0 radical (unpaired) electrons. The number of rotatable bonds is 36. The quantitative estimate of drug-likeness (QED) is 0.0393. The second kappa shape index (κ2) is 35.6. The molecule has 0 saturated heterocycles. The molecule has 47 heavy (non-hydrogen) atoms. The summed E-state index contributed by atoms with van der Waals surface area (Å²) in [6.07, 6.45) is 42.1. The van der Waals surface area contributed by atoms with Crippen molar-refractivity contribution in [3.8, 4) is 0 Å². The van der Waals surface area contributed by atoms with Crippen molar-refractivity contribution < 1.29 is 29.3 Å². The minimum atomic E-state index is -1.23. The molecule has 0 bridgehead atoms. The van der Waals surface area contributed by atoms with Gasteiger partial charge < -0.3 is 19.7 Å². The second-order valence-electron chi connectivity index (χ2n) is 13.9. The maximum atomic E-state index is 12.2. The van der Waals surface area contributed by atoms with Crippen LogP contribution in [-0.4, -0.2) is 48.6 Å². The molecule has 0 heterocycles. The number of aliphatic hydroxyl groups excluding tert-OH is 2. The van der Waals surface area contributed by atoms with Gasteiger partial charge in [0.15, 0.2) is 0 Å². The molecule has 0 atom stereocenters. The molecule has 6 nitrogen and oxygen atoms in total. The van der Waals surface area contributed by atoms with E-state index in [1.165, 1.54) is 153 Å². The topological polar surface area (TPSA) is 93.1 Å². The van der Waals surface area contributed by atoms with E-state index >= 15 is 0 Å². The van der Waals surface area contributed by atoms with Crippen LogP contribution in [0.5, 0.6) is 0 Å². The summed E-state index contributed by atoms with van der Waals surface area (Å²) in [6.45, 7) is 3.15. The first-order valence-electron chi connectivity index (χ1n) is 19.9. The molecule has 0 aromatic heterocycles. The van der Waals surface area contributed by atoms with Crippen molar-refractivity contribution in [1.29, 1.82) is 0 Å². The van der Waals surface area contributed by atoms with Gasteiger partial charge in [0.05, 0.1) is 18.6 Å². The Morgan fingerprint density at radius 1 is 0.447 bits per heavy atom. The van der Waals surface area contributed by atoms with E-state index in [2.05, 4.69) is 13.8 Å². The molecule has 276 valence electrons. The van der Waals surface area contributed by atoms with E-state index in [4.69, 9.17) is 9.47 Å². The van der Waals surface area contributed by atoms with Gasteiger partial charge in [-0.3, -0.25) is 0 Å². The Kier molecular flexibility index (Phi) is 34.4. The van der Waals surface area contributed by atoms with Crippen LogP contribution in [0.4, 0.5) is 0 Å². The van der Waals surface area contributed by atoms with Crippen LogP contribution in [0.15, 0.2) is 24.3 Å². The Bertz CT molecular complexity index is 684. The highest BCUT2D eigenvalue weighted by molar-refractivity contribution is 5.82. The number of carbonyl (C=O) groups is 2. The fraction of sp³-hybridized carbons (Fsp3) is 0.854. The summed E-state index contributed by atoms with van der Waals surface area (Å²) in [5, 5.41) is 19.7. The number of unbranched alkanes of at least 4 members (excludes halogenated alkanes) is 26. The smallest absolute Gasteiger partial charge is 0.330 e. The largest absolute Gasteiger partial charge is 0.462 e. The Hall–Kier alpha value is -1.66. The first kappa shape index (κ1) is 45.3. The van der Waals surface area contributed by atoms with E-state index in [0.717, 1.165) is 38.5 Å². The third-order valence-electron chi connectivity index (χ3n) is 9.17. The highest BCUT2D eigenvalue weighted by Gasteiger charge is 2.32. The summed E-state index contributed by atoms with van der Waals surface area (Å²) in [4.78, 5) is 24.3. The zero-order valence-corrected chi connectivity index (χ0v) is 31.0. The minimum absolute atomic E-state index is 0.224. The van der Waals surface area contributed by atoms with E-state index in [0.29, 0.717) is 0 Å². The van der Waals surface area contributed by atoms with Crippen LogP contribution in [0, 0.1) is 5.41 Å². The summed E-state index contributed by atoms with van der Waals surface area (Å²) in [5.41, 5.74) is -1.23. The fourth-order valence-electron chi connectivity index (χ4n) is 5.74. The number of hydrogen-bond acceptors (Lipinski definition) is 6. The fourth-order valence-corrected chi connectivity index (χ4v) is 5.74. The lowest BCUT2D eigenvalue weighted by molar-refractivity contribution is -0.152. The third-order valence-corrected chi connectivity index (χ3v) is 9.17. The van der Waals surface area contributed by atoms with Crippen molar-refractivity contribution in [1.82, 2.24) is 0 Å². The maximum Gasteiger partial charge on any atom is 0.330 e. The number of ether oxygens (including phenoxy) is 2. The van der Waals surface area contributed by atoms with Gasteiger partial charge in [-0.05, 0) is 25.7 Å². The van der Waals surface area contributed by atoms with Crippen molar-refractivity contribution in [3.05, 3.63) is 24.3 Å². The molecule has 0 aromatic rings. The summed E-state index contributed by atoms with van der Waals surface area (Å²) in [6, 6.07) is 0. The van der Waals surface area contributed by atoms with Crippen LogP contribution in [0.2, 0.25) is 0 Å². The average molecular weight is 665 g/mol. The second-order valence-corrected chi connectivity index (χ2v) is 13.9. The van der Waals surface area contributed by atoms with E-state index in [1.807, 2.05) is 12.2 Å². The lowest BCUT2D eigenvalue weighted by Gasteiger charge is -2.28. The van der Waals surface area contributed by atoms with Crippen LogP contribution < -0.4 is 0 Å². The Labute approximate surface area is 290 Å². The van der Waals surface area contributed by atoms with E-state index in [1.54, 1.807) is 0 Å². The summed E-state index contributed by atoms with van der Waals surface area (Å²) in [7, 11) is 0. The molecule has 0 aliphatic heterocycles. The summed E-state index contributed by atoms with van der Waals surface area (Å²) < 4.78 is 10.6. The maximum absolute atomic E-state index is 12.2. The van der Waals surface area contributed by atoms with E-state index in [-0.39, 0.29) is 13.2 Å². The lowest BCUT2D eigenvalue weighted by Crippen LogP contribution is -2.40. The molecule has 6 heteroatoms.